The first-order chi connectivity index (χ1) is 12.6. The largest absolute Gasteiger partial charge is 0.493 e. The number of aryl methyl sites for hydroxylation is 2. The predicted molar refractivity (Wildman–Crippen MR) is 103 cm³/mol. The lowest BCUT2D eigenvalue weighted by atomic mass is 10.1. The van der Waals surface area contributed by atoms with E-state index in [1.807, 2.05) is 19.1 Å². The highest BCUT2D eigenvalue weighted by molar-refractivity contribution is 6.32. The molecule has 2 aromatic rings. The molecule has 2 rings (SSSR count). The van der Waals surface area contributed by atoms with Gasteiger partial charge in [-0.3, -0.25) is 4.79 Å². The molecule has 0 bridgehead atoms. The van der Waals surface area contributed by atoms with Gasteiger partial charge < -0.3 is 10.1 Å². The van der Waals surface area contributed by atoms with Gasteiger partial charge in [0.2, 0.25) is 0 Å². The quantitative estimate of drug-likeness (QED) is 0.678. The van der Waals surface area contributed by atoms with Gasteiger partial charge in [-0.15, -0.1) is 0 Å². The molecule has 138 valence electrons. The Kier molecular flexibility index (Phi) is 7.49. The van der Waals surface area contributed by atoms with E-state index in [9.17, 15) is 4.79 Å². The summed E-state index contributed by atoms with van der Waals surface area (Å²) in [5, 5.41) is 16.3. The summed E-state index contributed by atoms with van der Waals surface area (Å²) in [5.41, 5.74) is 1.94. The smallest absolute Gasteiger partial charge is 0.287 e. The van der Waals surface area contributed by atoms with Gasteiger partial charge in [-0.1, -0.05) is 24.9 Å². The Hall–Kier alpha value is -2.52. The highest BCUT2D eigenvalue weighted by Gasteiger charge is 2.08. The number of aromatic nitrogens is 2. The molecule has 1 aromatic heterocycles. The first kappa shape index (κ1) is 19.8. The van der Waals surface area contributed by atoms with Crippen molar-refractivity contribution >= 4 is 17.3 Å². The summed E-state index contributed by atoms with van der Waals surface area (Å²) in [6.07, 6.45) is 4.16. The van der Waals surface area contributed by atoms with Crippen molar-refractivity contribution in [2.45, 2.75) is 39.7 Å². The van der Waals surface area contributed by atoms with E-state index in [4.69, 9.17) is 21.6 Å². The zero-order valence-electron chi connectivity index (χ0n) is 15.1. The molecule has 0 unspecified atom stereocenters. The van der Waals surface area contributed by atoms with Crippen LogP contribution in [0, 0.1) is 11.3 Å². The van der Waals surface area contributed by atoms with E-state index in [1.54, 1.807) is 12.3 Å². The third-order valence-electron chi connectivity index (χ3n) is 3.89. The molecule has 1 N–H and O–H groups in total. The number of benzene rings is 1. The molecule has 0 atom stereocenters. The molecule has 0 aliphatic heterocycles. The summed E-state index contributed by atoms with van der Waals surface area (Å²) in [7, 11) is 0. The Morgan fingerprint density at radius 1 is 1.38 bits per heavy atom. The molecule has 0 radical (unpaired) electrons. The molecular weight excluding hydrogens is 352 g/mol. The minimum atomic E-state index is -0.294. The number of ether oxygens (including phenoxy) is 1. The molecule has 1 aromatic carbocycles. The van der Waals surface area contributed by atoms with Gasteiger partial charge in [-0.25, -0.2) is 4.68 Å². The molecule has 0 aliphatic carbocycles. The molecule has 6 nitrogen and oxygen atoms in total. The van der Waals surface area contributed by atoms with Gasteiger partial charge in [0.15, 0.2) is 0 Å². The second-order valence-corrected chi connectivity index (χ2v) is 6.18. The van der Waals surface area contributed by atoms with E-state index >= 15 is 0 Å². The molecule has 7 heteroatoms. The van der Waals surface area contributed by atoms with Crippen LogP contribution >= 0.6 is 11.6 Å². The zero-order valence-corrected chi connectivity index (χ0v) is 15.8. The third kappa shape index (κ3) is 4.99. The Balaban J connectivity index is 1.87. The number of nitrogens with zero attached hydrogens (tertiary/aromatic N) is 3. The van der Waals surface area contributed by atoms with Gasteiger partial charge in [0.25, 0.3) is 5.56 Å². The summed E-state index contributed by atoms with van der Waals surface area (Å²) in [6, 6.07) is 7.65. The standard InChI is InChI=1S/C19H23ClN4O2/c1-3-6-15-11-14(12-21)7-8-17(15)26-10-5-9-22-16-13-23-24(4-2)19(25)18(16)20/h7-8,11,13,22H,3-6,9-10H2,1-2H3. The fourth-order valence-electron chi connectivity index (χ4n) is 2.55. The van der Waals surface area contributed by atoms with Crippen LogP contribution < -0.4 is 15.6 Å². The summed E-state index contributed by atoms with van der Waals surface area (Å²) in [4.78, 5) is 11.9. The Labute approximate surface area is 158 Å². The lowest BCUT2D eigenvalue weighted by molar-refractivity contribution is 0.311. The Bertz CT molecular complexity index is 842. The SMILES string of the molecule is CCCc1cc(C#N)ccc1OCCCNc1cnn(CC)c(=O)c1Cl. The molecule has 0 saturated heterocycles. The average Bonchev–Trinajstić information content (AvgIpc) is 2.66. The first-order valence-corrected chi connectivity index (χ1v) is 9.13. The van der Waals surface area contributed by atoms with Crippen molar-refractivity contribution < 1.29 is 4.74 Å². The van der Waals surface area contributed by atoms with Gasteiger partial charge in [0.05, 0.1) is 30.1 Å². The van der Waals surface area contributed by atoms with Gasteiger partial charge in [-0.2, -0.15) is 10.4 Å². The van der Waals surface area contributed by atoms with Gasteiger partial charge >= 0.3 is 0 Å². The first-order valence-electron chi connectivity index (χ1n) is 8.76. The van der Waals surface area contributed by atoms with Crippen molar-refractivity contribution in [1.82, 2.24) is 9.78 Å². The fourth-order valence-corrected chi connectivity index (χ4v) is 2.76. The van der Waals surface area contributed by atoms with Crippen molar-refractivity contribution in [1.29, 1.82) is 5.26 Å². The summed E-state index contributed by atoms with van der Waals surface area (Å²) < 4.78 is 7.17. The highest BCUT2D eigenvalue weighted by atomic mass is 35.5. The van der Waals surface area contributed by atoms with Crippen molar-refractivity contribution in [3.05, 3.63) is 50.9 Å². The van der Waals surface area contributed by atoms with E-state index in [0.29, 0.717) is 30.9 Å². The van der Waals surface area contributed by atoms with Crippen LogP contribution in [0.1, 0.15) is 37.8 Å². The molecule has 26 heavy (non-hydrogen) atoms. The van der Waals surface area contributed by atoms with Crippen molar-refractivity contribution in [3.8, 4) is 11.8 Å². The number of hydrogen-bond acceptors (Lipinski definition) is 5. The average molecular weight is 375 g/mol. The highest BCUT2D eigenvalue weighted by Crippen LogP contribution is 2.22. The monoisotopic (exact) mass is 374 g/mol. The third-order valence-corrected chi connectivity index (χ3v) is 4.25. The lowest BCUT2D eigenvalue weighted by Crippen LogP contribution is -2.23. The predicted octanol–water partition coefficient (Wildman–Crippen LogP) is 3.62. The number of nitriles is 1. The van der Waals surface area contributed by atoms with Crippen molar-refractivity contribution in [3.63, 3.8) is 0 Å². The molecule has 0 spiro atoms. The number of rotatable bonds is 9. The maximum absolute atomic E-state index is 11.9. The van der Waals surface area contributed by atoms with Gasteiger partial charge in [0.1, 0.15) is 10.8 Å². The van der Waals surface area contributed by atoms with Crippen LogP contribution in [0.5, 0.6) is 5.75 Å². The van der Waals surface area contributed by atoms with E-state index < -0.39 is 0 Å². The van der Waals surface area contributed by atoms with Crippen LogP contribution in [-0.4, -0.2) is 22.9 Å². The van der Waals surface area contributed by atoms with Crippen LogP contribution in [0.2, 0.25) is 5.02 Å². The van der Waals surface area contributed by atoms with E-state index in [2.05, 4.69) is 23.4 Å². The molecule has 0 saturated carbocycles. The van der Waals surface area contributed by atoms with Crippen molar-refractivity contribution in [2.24, 2.45) is 0 Å². The lowest BCUT2D eigenvalue weighted by Gasteiger charge is -2.12. The molecular formula is C19H23ClN4O2. The number of nitrogens with one attached hydrogen (secondary N) is 1. The van der Waals surface area contributed by atoms with E-state index in [0.717, 1.165) is 30.6 Å². The summed E-state index contributed by atoms with van der Waals surface area (Å²) >= 11 is 6.08. The topological polar surface area (TPSA) is 79.9 Å². The van der Waals surface area contributed by atoms with Crippen molar-refractivity contribution in [2.75, 3.05) is 18.5 Å². The number of anilines is 1. The van der Waals surface area contributed by atoms with Crippen LogP contribution in [0.4, 0.5) is 5.69 Å². The normalized spacial score (nSPS) is 10.4. The molecule has 0 amide bonds. The molecule has 0 aliphatic rings. The summed E-state index contributed by atoms with van der Waals surface area (Å²) in [5.74, 6) is 0.816. The van der Waals surface area contributed by atoms with E-state index in [1.165, 1.54) is 4.68 Å². The summed E-state index contributed by atoms with van der Waals surface area (Å²) in [6.45, 7) is 5.54. The van der Waals surface area contributed by atoms with Crippen LogP contribution in [-0.2, 0) is 13.0 Å². The molecule has 1 heterocycles. The Morgan fingerprint density at radius 3 is 2.88 bits per heavy atom. The van der Waals surface area contributed by atoms with Gasteiger partial charge in [-0.05, 0) is 43.5 Å². The number of hydrogen-bond donors (Lipinski definition) is 1. The second-order valence-electron chi connectivity index (χ2n) is 5.81. The number of halogens is 1. The molecule has 0 fully saturated rings. The minimum absolute atomic E-state index is 0.153. The fraction of sp³-hybridized carbons (Fsp3) is 0.421. The Morgan fingerprint density at radius 2 is 2.19 bits per heavy atom. The maximum atomic E-state index is 11.9. The minimum Gasteiger partial charge on any atom is -0.493 e. The van der Waals surface area contributed by atoms with Crippen LogP contribution in [0.15, 0.2) is 29.2 Å². The van der Waals surface area contributed by atoms with E-state index in [-0.39, 0.29) is 10.6 Å². The second kappa shape index (κ2) is 9.83. The zero-order chi connectivity index (χ0) is 18.9. The van der Waals surface area contributed by atoms with Crippen LogP contribution in [0.3, 0.4) is 0 Å². The van der Waals surface area contributed by atoms with Gasteiger partial charge in [0, 0.05) is 13.1 Å². The van der Waals surface area contributed by atoms with Crippen LogP contribution in [0.25, 0.3) is 0 Å². The maximum Gasteiger partial charge on any atom is 0.287 e.